The Labute approximate surface area is 120 Å². The molecule has 1 unspecified atom stereocenters. The third-order valence-electron chi connectivity index (χ3n) is 3.40. The molecular formula is C13H17BrN2O3. The van der Waals surface area contributed by atoms with Crippen molar-refractivity contribution >= 4 is 27.3 Å². The van der Waals surface area contributed by atoms with E-state index in [4.69, 9.17) is 4.74 Å². The number of nitro benzene ring substituents is 1. The van der Waals surface area contributed by atoms with Crippen molar-refractivity contribution < 1.29 is 9.66 Å². The second kappa shape index (κ2) is 6.34. The van der Waals surface area contributed by atoms with Crippen molar-refractivity contribution in [3.8, 4) is 0 Å². The second-order valence-electron chi connectivity index (χ2n) is 4.54. The van der Waals surface area contributed by atoms with E-state index in [2.05, 4.69) is 27.8 Å². The van der Waals surface area contributed by atoms with Crippen LogP contribution in [0.1, 0.15) is 18.9 Å². The van der Waals surface area contributed by atoms with Gasteiger partial charge in [-0.25, -0.2) is 0 Å². The van der Waals surface area contributed by atoms with Crippen LogP contribution in [0.25, 0.3) is 0 Å². The van der Waals surface area contributed by atoms with E-state index in [-0.39, 0.29) is 16.7 Å². The molecule has 0 spiro atoms. The number of nitrogens with zero attached hydrogens (tertiary/aromatic N) is 2. The molecule has 0 aromatic heterocycles. The van der Waals surface area contributed by atoms with Crippen LogP contribution in [0.3, 0.4) is 0 Å². The van der Waals surface area contributed by atoms with Crippen LogP contribution in [-0.2, 0) is 10.1 Å². The lowest BCUT2D eigenvalue weighted by Gasteiger charge is -2.36. The van der Waals surface area contributed by atoms with Crippen molar-refractivity contribution in [1.29, 1.82) is 0 Å². The van der Waals surface area contributed by atoms with Gasteiger partial charge >= 0.3 is 0 Å². The molecule has 1 aromatic rings. The summed E-state index contributed by atoms with van der Waals surface area (Å²) in [7, 11) is 0. The SMILES string of the molecule is CCC1COCCN1c1ccc(CBr)cc1[N+](=O)[O-]. The van der Waals surface area contributed by atoms with Crippen LogP contribution in [0.2, 0.25) is 0 Å². The van der Waals surface area contributed by atoms with E-state index in [1.165, 1.54) is 0 Å². The maximum atomic E-state index is 11.3. The summed E-state index contributed by atoms with van der Waals surface area (Å²) in [6.07, 6.45) is 0.914. The van der Waals surface area contributed by atoms with Crippen LogP contribution in [0.4, 0.5) is 11.4 Å². The van der Waals surface area contributed by atoms with E-state index in [1.807, 2.05) is 12.1 Å². The highest BCUT2D eigenvalue weighted by Crippen LogP contribution is 2.32. The molecule has 104 valence electrons. The zero-order valence-electron chi connectivity index (χ0n) is 10.8. The number of benzene rings is 1. The molecule has 0 N–H and O–H groups in total. The standard InChI is InChI=1S/C13H17BrN2O3/c1-2-11-9-19-6-5-15(11)12-4-3-10(8-14)7-13(12)16(17)18/h3-4,7,11H,2,5-6,8-9H2,1H3. The first kappa shape index (κ1) is 14.3. The number of rotatable bonds is 4. The van der Waals surface area contributed by atoms with E-state index >= 15 is 0 Å². The highest BCUT2D eigenvalue weighted by Gasteiger charge is 2.27. The molecule has 5 nitrogen and oxygen atoms in total. The zero-order valence-corrected chi connectivity index (χ0v) is 12.4. The Morgan fingerprint density at radius 2 is 2.37 bits per heavy atom. The van der Waals surface area contributed by atoms with Crippen LogP contribution in [-0.4, -0.2) is 30.7 Å². The summed E-state index contributed by atoms with van der Waals surface area (Å²) in [6, 6.07) is 5.64. The van der Waals surface area contributed by atoms with Crippen LogP contribution in [0, 0.1) is 10.1 Å². The molecule has 1 fully saturated rings. The highest BCUT2D eigenvalue weighted by molar-refractivity contribution is 9.08. The third kappa shape index (κ3) is 3.06. The molecule has 1 aliphatic rings. The summed E-state index contributed by atoms with van der Waals surface area (Å²) in [5.74, 6) is 0. The van der Waals surface area contributed by atoms with Crippen LogP contribution in [0.5, 0.6) is 0 Å². The number of halogens is 1. The Hall–Kier alpha value is -1.14. The third-order valence-corrected chi connectivity index (χ3v) is 4.05. The van der Waals surface area contributed by atoms with Crippen molar-refractivity contribution in [3.63, 3.8) is 0 Å². The molecule has 1 aromatic carbocycles. The first-order valence-electron chi connectivity index (χ1n) is 6.35. The van der Waals surface area contributed by atoms with Gasteiger partial charge in [0, 0.05) is 17.9 Å². The molecule has 1 atom stereocenters. The van der Waals surface area contributed by atoms with Crippen molar-refractivity contribution in [2.75, 3.05) is 24.7 Å². The largest absolute Gasteiger partial charge is 0.377 e. The van der Waals surface area contributed by atoms with Crippen LogP contribution < -0.4 is 4.90 Å². The average molecular weight is 329 g/mol. The first-order chi connectivity index (χ1) is 9.17. The average Bonchev–Trinajstić information content (AvgIpc) is 2.46. The fourth-order valence-electron chi connectivity index (χ4n) is 2.35. The highest BCUT2D eigenvalue weighted by atomic mass is 79.9. The molecule has 1 saturated heterocycles. The quantitative estimate of drug-likeness (QED) is 0.484. The van der Waals surface area contributed by atoms with Crippen molar-refractivity contribution in [2.24, 2.45) is 0 Å². The van der Waals surface area contributed by atoms with Gasteiger partial charge < -0.3 is 9.64 Å². The molecule has 0 bridgehead atoms. The van der Waals surface area contributed by atoms with E-state index in [1.54, 1.807) is 6.07 Å². The Balaban J connectivity index is 2.39. The van der Waals surface area contributed by atoms with Crippen molar-refractivity contribution in [3.05, 3.63) is 33.9 Å². The van der Waals surface area contributed by atoms with Crippen molar-refractivity contribution in [1.82, 2.24) is 0 Å². The minimum atomic E-state index is -0.302. The summed E-state index contributed by atoms with van der Waals surface area (Å²) in [5.41, 5.74) is 1.79. The molecule has 0 radical (unpaired) electrons. The van der Waals surface area contributed by atoms with Gasteiger partial charge in [0.25, 0.3) is 5.69 Å². The van der Waals surface area contributed by atoms with Gasteiger partial charge in [0.1, 0.15) is 5.69 Å². The number of alkyl halides is 1. The molecular weight excluding hydrogens is 312 g/mol. The Bertz CT molecular complexity index is 467. The fourth-order valence-corrected chi connectivity index (χ4v) is 2.70. The predicted molar refractivity (Wildman–Crippen MR) is 78.0 cm³/mol. The molecule has 19 heavy (non-hydrogen) atoms. The smallest absolute Gasteiger partial charge is 0.292 e. The normalized spacial score (nSPS) is 19.5. The van der Waals surface area contributed by atoms with Gasteiger partial charge in [-0.1, -0.05) is 28.9 Å². The van der Waals surface area contributed by atoms with Gasteiger partial charge in [0.05, 0.1) is 24.2 Å². The van der Waals surface area contributed by atoms with Gasteiger partial charge in [-0.05, 0) is 18.1 Å². The van der Waals surface area contributed by atoms with E-state index in [0.29, 0.717) is 30.8 Å². The predicted octanol–water partition coefficient (Wildman–Crippen LogP) is 3.10. The summed E-state index contributed by atoms with van der Waals surface area (Å²) in [6.45, 7) is 4.03. The lowest BCUT2D eigenvalue weighted by molar-refractivity contribution is -0.384. The minimum Gasteiger partial charge on any atom is -0.377 e. The molecule has 0 saturated carbocycles. The number of nitro groups is 1. The number of anilines is 1. The summed E-state index contributed by atoms with van der Waals surface area (Å²) in [4.78, 5) is 13.1. The zero-order chi connectivity index (χ0) is 13.8. The van der Waals surface area contributed by atoms with Crippen LogP contribution in [0.15, 0.2) is 18.2 Å². The molecule has 6 heteroatoms. The molecule has 0 aliphatic carbocycles. The van der Waals surface area contributed by atoms with Gasteiger partial charge in [-0.3, -0.25) is 10.1 Å². The van der Waals surface area contributed by atoms with Gasteiger partial charge in [-0.15, -0.1) is 0 Å². The maximum absolute atomic E-state index is 11.3. The topological polar surface area (TPSA) is 55.6 Å². The summed E-state index contributed by atoms with van der Waals surface area (Å²) < 4.78 is 5.45. The molecule has 2 rings (SSSR count). The molecule has 1 heterocycles. The Morgan fingerprint density at radius 3 is 3.00 bits per heavy atom. The van der Waals surface area contributed by atoms with E-state index in [9.17, 15) is 10.1 Å². The second-order valence-corrected chi connectivity index (χ2v) is 5.10. The van der Waals surface area contributed by atoms with E-state index < -0.39 is 0 Å². The number of hydrogen-bond donors (Lipinski definition) is 0. The summed E-state index contributed by atoms with van der Waals surface area (Å²) in [5, 5.41) is 11.9. The van der Waals surface area contributed by atoms with E-state index in [0.717, 1.165) is 12.0 Å². The maximum Gasteiger partial charge on any atom is 0.292 e. The number of hydrogen-bond acceptors (Lipinski definition) is 4. The van der Waals surface area contributed by atoms with Crippen molar-refractivity contribution in [2.45, 2.75) is 24.7 Å². The van der Waals surface area contributed by atoms with Gasteiger partial charge in [-0.2, -0.15) is 0 Å². The summed E-state index contributed by atoms with van der Waals surface area (Å²) >= 11 is 3.33. The minimum absolute atomic E-state index is 0.178. The first-order valence-corrected chi connectivity index (χ1v) is 7.47. The monoisotopic (exact) mass is 328 g/mol. The lowest BCUT2D eigenvalue weighted by Crippen LogP contribution is -2.45. The number of ether oxygens (including phenoxy) is 1. The lowest BCUT2D eigenvalue weighted by atomic mass is 10.1. The van der Waals surface area contributed by atoms with Crippen LogP contribution >= 0.6 is 15.9 Å². The Kier molecular flexibility index (Phi) is 4.76. The van der Waals surface area contributed by atoms with Gasteiger partial charge in [0.2, 0.25) is 0 Å². The molecule has 1 aliphatic heterocycles. The fraction of sp³-hybridized carbons (Fsp3) is 0.538. The molecule has 0 amide bonds. The van der Waals surface area contributed by atoms with Gasteiger partial charge in [0.15, 0.2) is 0 Å². The number of morpholine rings is 1. The Morgan fingerprint density at radius 1 is 1.58 bits per heavy atom.